The Morgan fingerprint density at radius 2 is 1.33 bits per heavy atom. The minimum absolute atomic E-state index is 0.722. The maximum absolute atomic E-state index is 9.47. The van der Waals surface area contributed by atoms with Crippen LogP contribution in [0.15, 0.2) is 0 Å². The lowest BCUT2D eigenvalue weighted by Gasteiger charge is -2.31. The van der Waals surface area contributed by atoms with Crippen molar-refractivity contribution >= 4 is 0 Å². The fraction of sp³-hybridized carbons (Fsp3) is 1.00. The summed E-state index contributed by atoms with van der Waals surface area (Å²) in [6, 6.07) is 0. The van der Waals surface area contributed by atoms with Gasteiger partial charge in [0.1, 0.15) is 0 Å². The molecule has 1 aliphatic rings. The summed E-state index contributed by atoms with van der Waals surface area (Å²) in [6.07, 6.45) is 2.38. The molecule has 0 aromatic rings. The SMILES string of the molecule is C[C@]1(O)CCC[C@@]1(C)O. The first-order valence-corrected chi connectivity index (χ1v) is 3.40. The van der Waals surface area contributed by atoms with E-state index in [9.17, 15) is 10.2 Å². The number of hydrogen-bond donors (Lipinski definition) is 2. The van der Waals surface area contributed by atoms with Gasteiger partial charge < -0.3 is 10.2 Å². The van der Waals surface area contributed by atoms with Crippen molar-refractivity contribution < 1.29 is 10.2 Å². The Kier molecular flexibility index (Phi) is 1.33. The molecule has 0 aliphatic heterocycles. The summed E-state index contributed by atoms with van der Waals surface area (Å²) >= 11 is 0. The monoisotopic (exact) mass is 130 g/mol. The zero-order valence-electron chi connectivity index (χ0n) is 6.02. The molecule has 2 heteroatoms. The molecule has 0 aromatic carbocycles. The Labute approximate surface area is 55.5 Å². The molecule has 54 valence electrons. The summed E-state index contributed by atoms with van der Waals surface area (Å²) in [4.78, 5) is 0. The highest BCUT2D eigenvalue weighted by atomic mass is 16.4. The molecule has 0 radical (unpaired) electrons. The van der Waals surface area contributed by atoms with E-state index in [-0.39, 0.29) is 0 Å². The van der Waals surface area contributed by atoms with Crippen molar-refractivity contribution in [1.82, 2.24) is 0 Å². The average molecular weight is 130 g/mol. The molecule has 0 bridgehead atoms. The van der Waals surface area contributed by atoms with Crippen LogP contribution in [-0.2, 0) is 0 Å². The Balaban J connectivity index is 2.75. The van der Waals surface area contributed by atoms with E-state index in [0.717, 1.165) is 19.3 Å². The Morgan fingerprint density at radius 3 is 1.44 bits per heavy atom. The van der Waals surface area contributed by atoms with Gasteiger partial charge in [-0.3, -0.25) is 0 Å². The van der Waals surface area contributed by atoms with E-state index in [2.05, 4.69) is 0 Å². The zero-order chi connectivity index (χ0) is 7.12. The molecule has 1 fully saturated rings. The van der Waals surface area contributed by atoms with E-state index in [1.807, 2.05) is 0 Å². The molecule has 9 heavy (non-hydrogen) atoms. The van der Waals surface area contributed by atoms with Crippen LogP contribution in [0.1, 0.15) is 33.1 Å². The summed E-state index contributed by atoms with van der Waals surface area (Å²) < 4.78 is 0. The van der Waals surface area contributed by atoms with Gasteiger partial charge in [0.25, 0.3) is 0 Å². The minimum atomic E-state index is -0.854. The van der Waals surface area contributed by atoms with Gasteiger partial charge in [-0.15, -0.1) is 0 Å². The van der Waals surface area contributed by atoms with Gasteiger partial charge in [0.2, 0.25) is 0 Å². The van der Waals surface area contributed by atoms with Crippen molar-refractivity contribution in [2.24, 2.45) is 0 Å². The molecule has 1 saturated carbocycles. The molecule has 0 aromatic heterocycles. The van der Waals surface area contributed by atoms with Crippen molar-refractivity contribution in [3.05, 3.63) is 0 Å². The third-order valence-electron chi connectivity index (χ3n) is 2.49. The normalized spacial score (nSPS) is 52.0. The number of aliphatic hydroxyl groups is 2. The summed E-state index contributed by atoms with van der Waals surface area (Å²) in [6.45, 7) is 3.39. The molecule has 2 nitrogen and oxygen atoms in total. The molecule has 1 aliphatic carbocycles. The molecule has 2 atom stereocenters. The van der Waals surface area contributed by atoms with E-state index < -0.39 is 11.2 Å². The molecule has 0 amide bonds. The molecule has 0 spiro atoms. The fourth-order valence-corrected chi connectivity index (χ4v) is 1.32. The van der Waals surface area contributed by atoms with Crippen LogP contribution < -0.4 is 0 Å². The van der Waals surface area contributed by atoms with E-state index in [0.29, 0.717) is 0 Å². The van der Waals surface area contributed by atoms with Crippen LogP contribution in [0.4, 0.5) is 0 Å². The highest BCUT2D eigenvalue weighted by molar-refractivity contribution is 4.98. The fourth-order valence-electron chi connectivity index (χ4n) is 1.32. The molecule has 0 saturated heterocycles. The Bertz CT molecular complexity index is 102. The lowest BCUT2D eigenvalue weighted by molar-refractivity contribution is -0.107. The molecule has 2 N–H and O–H groups in total. The summed E-state index contributed by atoms with van der Waals surface area (Å²) in [7, 11) is 0. The third kappa shape index (κ3) is 0.970. The summed E-state index contributed by atoms with van der Waals surface area (Å²) in [5.41, 5.74) is -1.71. The van der Waals surface area contributed by atoms with Crippen LogP contribution in [0.3, 0.4) is 0 Å². The second-order valence-corrected chi connectivity index (χ2v) is 3.40. The second kappa shape index (κ2) is 1.70. The first kappa shape index (κ1) is 7.03. The summed E-state index contributed by atoms with van der Waals surface area (Å²) in [5, 5.41) is 18.9. The number of rotatable bonds is 0. The van der Waals surface area contributed by atoms with Gasteiger partial charge in [-0.05, 0) is 33.1 Å². The summed E-state index contributed by atoms with van der Waals surface area (Å²) in [5.74, 6) is 0. The van der Waals surface area contributed by atoms with Crippen LogP contribution in [0.25, 0.3) is 0 Å². The first-order valence-electron chi connectivity index (χ1n) is 3.40. The highest BCUT2D eigenvalue weighted by Gasteiger charge is 2.45. The van der Waals surface area contributed by atoms with Gasteiger partial charge in [-0.25, -0.2) is 0 Å². The van der Waals surface area contributed by atoms with Crippen molar-refractivity contribution in [3.63, 3.8) is 0 Å². The van der Waals surface area contributed by atoms with Gasteiger partial charge in [-0.1, -0.05) is 0 Å². The van der Waals surface area contributed by atoms with Gasteiger partial charge >= 0.3 is 0 Å². The first-order chi connectivity index (χ1) is 3.96. The lowest BCUT2D eigenvalue weighted by Crippen LogP contribution is -2.44. The second-order valence-electron chi connectivity index (χ2n) is 3.40. The van der Waals surface area contributed by atoms with Crippen LogP contribution in [-0.4, -0.2) is 21.4 Å². The maximum Gasteiger partial charge on any atom is 0.0902 e. The molecule has 1 rings (SSSR count). The van der Waals surface area contributed by atoms with E-state index >= 15 is 0 Å². The molecular formula is C7H14O2. The number of hydrogen-bond acceptors (Lipinski definition) is 2. The van der Waals surface area contributed by atoms with Gasteiger partial charge in [-0.2, -0.15) is 0 Å². The Hall–Kier alpha value is -0.0800. The predicted molar refractivity (Wildman–Crippen MR) is 35.1 cm³/mol. The van der Waals surface area contributed by atoms with Crippen LogP contribution in [0.2, 0.25) is 0 Å². The standard InChI is InChI=1S/C7H14O2/c1-6(8)4-3-5-7(6,2)9/h8-9H,3-5H2,1-2H3/t6-,7+. The van der Waals surface area contributed by atoms with E-state index in [1.165, 1.54) is 0 Å². The highest BCUT2D eigenvalue weighted by Crippen LogP contribution is 2.38. The maximum atomic E-state index is 9.47. The van der Waals surface area contributed by atoms with Crippen molar-refractivity contribution in [3.8, 4) is 0 Å². The van der Waals surface area contributed by atoms with Gasteiger partial charge in [0.05, 0.1) is 11.2 Å². The topological polar surface area (TPSA) is 40.5 Å². The zero-order valence-corrected chi connectivity index (χ0v) is 6.02. The lowest BCUT2D eigenvalue weighted by atomic mass is 9.90. The third-order valence-corrected chi connectivity index (χ3v) is 2.49. The van der Waals surface area contributed by atoms with Crippen LogP contribution in [0, 0.1) is 0 Å². The van der Waals surface area contributed by atoms with E-state index in [4.69, 9.17) is 0 Å². The predicted octanol–water partition coefficient (Wildman–Crippen LogP) is 0.672. The van der Waals surface area contributed by atoms with Crippen LogP contribution >= 0.6 is 0 Å². The smallest absolute Gasteiger partial charge is 0.0902 e. The Morgan fingerprint density at radius 1 is 1.00 bits per heavy atom. The average Bonchev–Trinajstić information content (AvgIpc) is 1.81. The van der Waals surface area contributed by atoms with Crippen molar-refractivity contribution in [1.29, 1.82) is 0 Å². The molecule has 0 heterocycles. The van der Waals surface area contributed by atoms with Crippen molar-refractivity contribution in [2.75, 3.05) is 0 Å². The van der Waals surface area contributed by atoms with Gasteiger partial charge in [0.15, 0.2) is 0 Å². The minimum Gasteiger partial charge on any atom is -0.387 e. The molecule has 0 unspecified atom stereocenters. The molecular weight excluding hydrogens is 116 g/mol. The largest absolute Gasteiger partial charge is 0.387 e. The van der Waals surface area contributed by atoms with Crippen molar-refractivity contribution in [2.45, 2.75) is 44.3 Å². The van der Waals surface area contributed by atoms with Crippen LogP contribution in [0.5, 0.6) is 0 Å². The van der Waals surface area contributed by atoms with Gasteiger partial charge in [0, 0.05) is 0 Å². The quantitative estimate of drug-likeness (QED) is 0.506. The van der Waals surface area contributed by atoms with E-state index in [1.54, 1.807) is 13.8 Å².